The van der Waals surface area contributed by atoms with E-state index in [2.05, 4.69) is 25.2 Å². The maximum atomic E-state index is 12.4. The van der Waals surface area contributed by atoms with Crippen LogP contribution in [-0.2, 0) is 50.8 Å². The second kappa shape index (κ2) is 20.5. The van der Waals surface area contributed by atoms with E-state index in [0.717, 1.165) is 11.1 Å². The van der Waals surface area contributed by atoms with Gasteiger partial charge in [-0.2, -0.15) is 0 Å². The van der Waals surface area contributed by atoms with E-state index in [1.165, 1.54) is 21.0 Å². The van der Waals surface area contributed by atoms with Gasteiger partial charge >= 0.3 is 26.7 Å². The molecule has 2 aromatic carbocycles. The van der Waals surface area contributed by atoms with Crippen LogP contribution in [0.3, 0.4) is 0 Å². The molecule has 0 aliphatic carbocycles. The number of amides is 3. The SMILES string of the molecule is CC(C)CC(NC(=O)C(C)NC(=O)C(C)NC(=O)OCc1ccccc1)C(=O)OP=O.COC(=O)C(O)Cc1ccccc1. The van der Waals surface area contributed by atoms with Crippen molar-refractivity contribution >= 4 is 38.5 Å². The summed E-state index contributed by atoms with van der Waals surface area (Å²) >= 11 is 0. The van der Waals surface area contributed by atoms with Gasteiger partial charge in [0.1, 0.15) is 24.7 Å². The minimum Gasteiger partial charge on any atom is -0.467 e. The predicted molar refractivity (Wildman–Crippen MR) is 160 cm³/mol. The second-order valence-electron chi connectivity index (χ2n) is 10.1. The van der Waals surface area contributed by atoms with E-state index >= 15 is 0 Å². The fraction of sp³-hybridized carbons (Fsp3) is 0.433. The normalized spacial score (nSPS) is 13.2. The molecule has 0 fully saturated rings. The molecule has 44 heavy (non-hydrogen) atoms. The van der Waals surface area contributed by atoms with Crippen LogP contribution in [0, 0.1) is 5.92 Å². The number of ether oxygens (including phenoxy) is 2. The Morgan fingerprint density at radius 2 is 1.30 bits per heavy atom. The monoisotopic (exact) mass is 633 g/mol. The number of aliphatic hydroxyl groups is 1. The van der Waals surface area contributed by atoms with E-state index in [1.54, 1.807) is 12.1 Å². The van der Waals surface area contributed by atoms with Gasteiger partial charge in [0.15, 0.2) is 6.10 Å². The molecular formula is C30H40N3O10P. The number of aliphatic hydroxyl groups excluding tert-OH is 1. The molecule has 4 atom stereocenters. The lowest BCUT2D eigenvalue weighted by atomic mass is 10.0. The largest absolute Gasteiger partial charge is 0.467 e. The van der Waals surface area contributed by atoms with Crippen LogP contribution < -0.4 is 16.0 Å². The molecule has 0 saturated carbocycles. The van der Waals surface area contributed by atoms with Crippen LogP contribution in [0.5, 0.6) is 0 Å². The fourth-order valence-electron chi connectivity index (χ4n) is 3.55. The third-order valence-corrected chi connectivity index (χ3v) is 6.13. The zero-order chi connectivity index (χ0) is 33.1. The molecule has 0 aliphatic rings. The summed E-state index contributed by atoms with van der Waals surface area (Å²) in [5, 5.41) is 16.6. The molecule has 14 heteroatoms. The summed E-state index contributed by atoms with van der Waals surface area (Å²) in [5.74, 6) is -2.62. The fourth-order valence-corrected chi connectivity index (χ4v) is 3.75. The summed E-state index contributed by atoms with van der Waals surface area (Å²) in [4.78, 5) is 59.2. The van der Waals surface area contributed by atoms with Crippen molar-refractivity contribution < 1.29 is 47.6 Å². The van der Waals surface area contributed by atoms with Gasteiger partial charge in [0, 0.05) is 6.42 Å². The first kappa shape index (κ1) is 37.7. The molecule has 240 valence electrons. The van der Waals surface area contributed by atoms with Crippen molar-refractivity contribution in [1.29, 1.82) is 0 Å². The van der Waals surface area contributed by atoms with Crippen LogP contribution in [0.4, 0.5) is 4.79 Å². The molecular weight excluding hydrogens is 593 g/mol. The average molecular weight is 634 g/mol. The van der Waals surface area contributed by atoms with Crippen molar-refractivity contribution in [2.75, 3.05) is 7.11 Å². The van der Waals surface area contributed by atoms with Gasteiger partial charge in [-0.15, -0.1) is 0 Å². The van der Waals surface area contributed by atoms with Gasteiger partial charge in [-0.25, -0.2) is 18.9 Å². The molecule has 0 saturated heterocycles. The van der Waals surface area contributed by atoms with Crippen LogP contribution in [0.15, 0.2) is 60.7 Å². The van der Waals surface area contributed by atoms with Gasteiger partial charge in [-0.05, 0) is 37.3 Å². The van der Waals surface area contributed by atoms with Gasteiger partial charge in [-0.1, -0.05) is 74.5 Å². The van der Waals surface area contributed by atoms with Crippen molar-refractivity contribution in [1.82, 2.24) is 16.0 Å². The van der Waals surface area contributed by atoms with Crippen molar-refractivity contribution in [3.05, 3.63) is 71.8 Å². The highest BCUT2D eigenvalue weighted by molar-refractivity contribution is 7.18. The summed E-state index contributed by atoms with van der Waals surface area (Å²) in [5.41, 5.74) is 1.71. The number of alkyl carbamates (subject to hydrolysis) is 1. The van der Waals surface area contributed by atoms with E-state index in [0.29, 0.717) is 6.42 Å². The van der Waals surface area contributed by atoms with Crippen LogP contribution in [0.1, 0.15) is 45.2 Å². The zero-order valence-corrected chi connectivity index (χ0v) is 26.2. The van der Waals surface area contributed by atoms with Crippen LogP contribution in [-0.4, -0.2) is 66.3 Å². The Balaban J connectivity index is 0.000000617. The van der Waals surface area contributed by atoms with Gasteiger partial charge in [0.2, 0.25) is 11.8 Å². The van der Waals surface area contributed by atoms with Gasteiger partial charge in [-0.3, -0.25) is 9.59 Å². The first-order valence-electron chi connectivity index (χ1n) is 13.8. The van der Waals surface area contributed by atoms with E-state index in [4.69, 9.17) is 4.74 Å². The van der Waals surface area contributed by atoms with Crippen LogP contribution >= 0.6 is 8.69 Å². The molecule has 0 heterocycles. The number of esters is 1. The lowest BCUT2D eigenvalue weighted by Crippen LogP contribution is -2.54. The molecule has 0 aliphatic heterocycles. The summed E-state index contributed by atoms with van der Waals surface area (Å²) in [6, 6.07) is 15.4. The number of hydrogen-bond acceptors (Lipinski definition) is 10. The highest BCUT2D eigenvalue weighted by Gasteiger charge is 2.27. The molecule has 4 N–H and O–H groups in total. The molecule has 0 aromatic heterocycles. The first-order valence-corrected chi connectivity index (χ1v) is 14.5. The summed E-state index contributed by atoms with van der Waals surface area (Å²) in [7, 11) is 0.449. The highest BCUT2D eigenvalue weighted by Crippen LogP contribution is 2.10. The van der Waals surface area contributed by atoms with Crippen molar-refractivity contribution in [2.45, 2.75) is 71.4 Å². The van der Waals surface area contributed by atoms with Gasteiger partial charge in [0.25, 0.3) is 0 Å². The number of hydrogen-bond donors (Lipinski definition) is 4. The number of nitrogens with one attached hydrogen (secondary N) is 3. The maximum absolute atomic E-state index is 12.4. The van der Waals surface area contributed by atoms with E-state index in [-0.39, 0.29) is 18.9 Å². The lowest BCUT2D eigenvalue weighted by molar-refractivity contribution is -0.150. The summed E-state index contributed by atoms with van der Waals surface area (Å²) in [6.45, 7) is 6.61. The maximum Gasteiger partial charge on any atom is 0.408 e. The standard InChI is InChI=1S/C20H28N3O7P.C10H12O3/c1-12(2)10-16(19(26)30-31-28)23-18(25)13(3)21-17(24)14(4)22-20(27)29-11-15-8-6-5-7-9-15;1-13-10(12)9(11)7-8-5-3-2-4-6-8/h5-9,12-14,16H,10-11H2,1-4H3,(H,21,24)(H,22,27)(H,23,25);2-6,9,11H,7H2,1H3. The summed E-state index contributed by atoms with van der Waals surface area (Å²) < 4.78 is 24.4. The Morgan fingerprint density at radius 1 is 0.773 bits per heavy atom. The van der Waals surface area contributed by atoms with Crippen LogP contribution in [0.25, 0.3) is 0 Å². The number of benzene rings is 2. The first-order chi connectivity index (χ1) is 20.9. The number of methoxy groups -OCH3 is 1. The Hall–Kier alpha value is -4.35. The average Bonchev–Trinajstić information content (AvgIpc) is 3.00. The van der Waals surface area contributed by atoms with Crippen molar-refractivity contribution in [2.24, 2.45) is 5.92 Å². The minimum absolute atomic E-state index is 0.0515. The van der Waals surface area contributed by atoms with E-state index < -0.39 is 62.8 Å². The highest BCUT2D eigenvalue weighted by atomic mass is 31.1. The predicted octanol–water partition coefficient (Wildman–Crippen LogP) is 2.85. The molecule has 4 unspecified atom stereocenters. The topological polar surface area (TPSA) is 186 Å². The quantitative estimate of drug-likeness (QED) is 0.178. The molecule has 0 spiro atoms. The van der Waals surface area contributed by atoms with E-state index in [1.807, 2.05) is 62.4 Å². The minimum atomic E-state index is -1.06. The zero-order valence-electron chi connectivity index (χ0n) is 25.4. The Bertz CT molecular complexity index is 1210. The van der Waals surface area contributed by atoms with E-state index in [9.17, 15) is 33.6 Å². The molecule has 2 aromatic rings. The van der Waals surface area contributed by atoms with Crippen molar-refractivity contribution in [3.8, 4) is 0 Å². The van der Waals surface area contributed by atoms with Crippen LogP contribution in [0.2, 0.25) is 0 Å². The molecule has 3 amide bonds. The summed E-state index contributed by atoms with van der Waals surface area (Å²) in [6.07, 6.45) is -1.27. The number of carbonyl (C=O) groups excluding carboxylic acids is 5. The second-order valence-corrected chi connectivity index (χ2v) is 10.4. The third kappa shape index (κ3) is 15.2. The molecule has 2 rings (SSSR count). The smallest absolute Gasteiger partial charge is 0.408 e. The lowest BCUT2D eigenvalue weighted by Gasteiger charge is -2.22. The number of carbonyl (C=O) groups is 5. The number of rotatable bonds is 14. The molecule has 0 bridgehead atoms. The van der Waals surface area contributed by atoms with Gasteiger partial charge in [0.05, 0.1) is 7.11 Å². The Kier molecular flexibility index (Phi) is 17.6. The molecule has 0 radical (unpaired) electrons. The molecule has 13 nitrogen and oxygen atoms in total. The Morgan fingerprint density at radius 3 is 1.82 bits per heavy atom. The third-order valence-electron chi connectivity index (χ3n) is 5.87. The van der Waals surface area contributed by atoms with Gasteiger partial charge < -0.3 is 35.1 Å². The Labute approximate surface area is 258 Å². The van der Waals surface area contributed by atoms with Crippen molar-refractivity contribution in [3.63, 3.8) is 0 Å².